The van der Waals surface area contributed by atoms with Crippen molar-refractivity contribution in [1.29, 1.82) is 0 Å². The van der Waals surface area contributed by atoms with Crippen LogP contribution in [0.4, 0.5) is 0 Å². The van der Waals surface area contributed by atoms with Crippen LogP contribution in [-0.4, -0.2) is 71.7 Å². The summed E-state index contributed by atoms with van der Waals surface area (Å²) < 4.78 is 32.7. The van der Waals surface area contributed by atoms with E-state index >= 15 is 0 Å². The summed E-state index contributed by atoms with van der Waals surface area (Å²) in [5.74, 6) is -1.05. The highest BCUT2D eigenvalue weighted by atomic mass is 31.2. The van der Waals surface area contributed by atoms with E-state index in [-0.39, 0.29) is 32.6 Å². The molecule has 0 aromatic carbocycles. The van der Waals surface area contributed by atoms with Crippen LogP contribution >= 0.6 is 7.82 Å². The molecule has 0 spiro atoms. The summed E-state index contributed by atoms with van der Waals surface area (Å²) in [5, 5.41) is 20.1. The Balaban J connectivity index is 4.31. The number of aliphatic hydroxyl groups excluding tert-OH is 2. The number of carbonyl (C=O) groups excluding carboxylic acids is 2. The molecular weight excluding hydrogens is 769 g/mol. The zero-order valence-electron chi connectivity index (χ0n) is 37.2. The van der Waals surface area contributed by atoms with Gasteiger partial charge in [0.05, 0.1) is 25.4 Å². The van der Waals surface area contributed by atoms with Gasteiger partial charge in [0, 0.05) is 19.4 Å². The van der Waals surface area contributed by atoms with Gasteiger partial charge in [-0.15, -0.1) is 0 Å². The number of carbonyl (C=O) groups is 2. The first-order chi connectivity index (χ1) is 28.6. The van der Waals surface area contributed by atoms with E-state index in [9.17, 15) is 29.3 Å². The van der Waals surface area contributed by atoms with Gasteiger partial charge in [-0.25, -0.2) is 4.57 Å². The number of nitrogens with two attached hydrogens (primary N) is 1. The molecule has 0 aliphatic rings. The summed E-state index contributed by atoms with van der Waals surface area (Å²) in [7, 11) is -4.43. The Morgan fingerprint density at radius 1 is 0.576 bits per heavy atom. The Labute approximate surface area is 359 Å². The fraction of sp³-hybridized carbons (Fsp3) is 0.787. The van der Waals surface area contributed by atoms with Gasteiger partial charge in [0.25, 0.3) is 0 Å². The monoisotopic (exact) mass is 856 g/mol. The Kier molecular flexibility index (Phi) is 41.1. The molecule has 0 aliphatic carbocycles. The molecule has 5 N–H and O–H groups in total. The molecule has 0 amide bonds. The molecule has 0 saturated heterocycles. The van der Waals surface area contributed by atoms with E-state index in [1.807, 2.05) is 30.4 Å². The second-order valence-electron chi connectivity index (χ2n) is 15.7. The van der Waals surface area contributed by atoms with E-state index in [0.717, 1.165) is 44.9 Å². The third-order valence-electron chi connectivity index (χ3n) is 9.93. The third-order valence-corrected chi connectivity index (χ3v) is 10.9. The molecule has 0 bridgehead atoms. The van der Waals surface area contributed by atoms with Gasteiger partial charge in [-0.3, -0.25) is 18.6 Å². The van der Waals surface area contributed by atoms with E-state index in [1.54, 1.807) is 18.2 Å². The number of phosphoric ester groups is 1. The van der Waals surface area contributed by atoms with E-state index in [2.05, 4.69) is 13.8 Å². The number of esters is 2. The van der Waals surface area contributed by atoms with Crippen LogP contribution in [0.5, 0.6) is 0 Å². The van der Waals surface area contributed by atoms with Crippen LogP contribution in [0.1, 0.15) is 194 Å². The molecule has 0 fully saturated rings. The molecule has 0 radical (unpaired) electrons. The second-order valence-corrected chi connectivity index (χ2v) is 17.1. The van der Waals surface area contributed by atoms with Crippen molar-refractivity contribution in [3.8, 4) is 0 Å². The Morgan fingerprint density at radius 3 is 1.51 bits per heavy atom. The predicted molar refractivity (Wildman–Crippen MR) is 241 cm³/mol. The number of hydrogen-bond acceptors (Lipinski definition) is 10. The summed E-state index contributed by atoms with van der Waals surface area (Å²) in [6.45, 7) is 3.39. The SMILES string of the molecule is CCCCCCCCCCCCCCCCCCCCCC(=O)O[C@H](COC(=O)CCC[C@@H](O)/C=C/C=C\C/C=C\C=C\[C@@H](O)CCCCC)COP(=O)(O)OCCN. The Morgan fingerprint density at radius 2 is 1.02 bits per heavy atom. The smallest absolute Gasteiger partial charge is 0.462 e. The van der Waals surface area contributed by atoms with Gasteiger partial charge in [-0.1, -0.05) is 197 Å². The quantitative estimate of drug-likeness (QED) is 0.0199. The largest absolute Gasteiger partial charge is 0.472 e. The highest BCUT2D eigenvalue weighted by Crippen LogP contribution is 2.43. The maximum absolute atomic E-state index is 12.6. The molecule has 59 heavy (non-hydrogen) atoms. The predicted octanol–water partition coefficient (Wildman–Crippen LogP) is 11.4. The number of aliphatic hydroxyl groups is 2. The van der Waals surface area contributed by atoms with Crippen molar-refractivity contribution in [1.82, 2.24) is 0 Å². The normalized spacial score (nSPS) is 14.7. The zero-order chi connectivity index (χ0) is 43.5. The van der Waals surface area contributed by atoms with Gasteiger partial charge in [0.15, 0.2) is 6.10 Å². The number of hydrogen-bond donors (Lipinski definition) is 4. The van der Waals surface area contributed by atoms with Crippen molar-refractivity contribution < 1.29 is 47.8 Å². The highest BCUT2D eigenvalue weighted by Gasteiger charge is 2.26. The van der Waals surface area contributed by atoms with Crippen LogP contribution in [-0.2, 0) is 32.7 Å². The summed E-state index contributed by atoms with van der Waals surface area (Å²) in [5.41, 5.74) is 5.34. The van der Waals surface area contributed by atoms with Crippen LogP contribution < -0.4 is 5.73 Å². The molecule has 0 aromatic rings. The van der Waals surface area contributed by atoms with Gasteiger partial charge in [0.1, 0.15) is 6.61 Å². The van der Waals surface area contributed by atoms with Crippen LogP contribution in [0.2, 0.25) is 0 Å². The second kappa shape index (κ2) is 42.6. The van der Waals surface area contributed by atoms with Gasteiger partial charge >= 0.3 is 19.8 Å². The lowest BCUT2D eigenvalue weighted by molar-refractivity contribution is -0.161. The topological polar surface area (TPSA) is 175 Å². The molecule has 0 heterocycles. The fourth-order valence-corrected chi connectivity index (χ4v) is 7.14. The molecule has 0 rings (SSSR count). The minimum absolute atomic E-state index is 0.0204. The maximum atomic E-state index is 12.6. The van der Waals surface area contributed by atoms with Crippen molar-refractivity contribution in [2.24, 2.45) is 5.73 Å². The van der Waals surface area contributed by atoms with E-state index in [4.69, 9.17) is 24.3 Å². The molecule has 0 aromatic heterocycles. The van der Waals surface area contributed by atoms with E-state index < -0.39 is 44.7 Å². The average Bonchev–Trinajstić information content (AvgIpc) is 3.21. The minimum atomic E-state index is -4.43. The third kappa shape index (κ3) is 42.4. The van der Waals surface area contributed by atoms with Crippen LogP contribution in [0.25, 0.3) is 0 Å². The van der Waals surface area contributed by atoms with E-state index in [1.165, 1.54) is 96.3 Å². The van der Waals surface area contributed by atoms with Crippen molar-refractivity contribution in [3.05, 3.63) is 48.6 Å². The first-order valence-electron chi connectivity index (χ1n) is 23.3. The Bertz CT molecular complexity index is 1140. The molecule has 1 unspecified atom stereocenters. The van der Waals surface area contributed by atoms with Gasteiger partial charge in [-0.2, -0.15) is 0 Å². The van der Waals surface area contributed by atoms with Crippen LogP contribution in [0.3, 0.4) is 0 Å². The molecule has 0 saturated carbocycles. The lowest BCUT2D eigenvalue weighted by Gasteiger charge is -2.20. The molecule has 344 valence electrons. The number of ether oxygens (including phenoxy) is 2. The van der Waals surface area contributed by atoms with Crippen molar-refractivity contribution in [3.63, 3.8) is 0 Å². The lowest BCUT2D eigenvalue weighted by Crippen LogP contribution is -2.29. The van der Waals surface area contributed by atoms with Crippen LogP contribution in [0, 0.1) is 0 Å². The highest BCUT2D eigenvalue weighted by molar-refractivity contribution is 7.47. The van der Waals surface area contributed by atoms with Gasteiger partial charge < -0.3 is 30.3 Å². The molecule has 11 nitrogen and oxygen atoms in total. The van der Waals surface area contributed by atoms with Crippen molar-refractivity contribution >= 4 is 19.8 Å². The minimum Gasteiger partial charge on any atom is -0.462 e. The molecule has 4 atom stereocenters. The summed E-state index contributed by atoms with van der Waals surface area (Å²) in [6.07, 6.45) is 42.1. The van der Waals surface area contributed by atoms with Gasteiger partial charge in [0.2, 0.25) is 0 Å². The number of unbranched alkanes of at least 4 members (excludes halogenated alkanes) is 20. The van der Waals surface area contributed by atoms with Crippen LogP contribution in [0.15, 0.2) is 48.6 Å². The number of rotatable bonds is 43. The first-order valence-corrected chi connectivity index (χ1v) is 24.8. The molecule has 12 heteroatoms. The zero-order valence-corrected chi connectivity index (χ0v) is 38.1. The standard InChI is InChI=1S/C47H86NO10P/c1-3-5-7-8-9-10-11-12-13-14-15-16-17-18-19-20-24-27-31-37-47(52)58-45(42-57-59(53,54)56-40-39-48)41-55-46(51)38-32-36-44(50)35-30-26-23-21-22-25-29-34-43(49)33-28-6-4-2/h22-23,25-26,29-30,34-35,43-45,49-50H,3-21,24,27-28,31-33,36-42,48H2,1-2H3,(H,53,54)/b25-22-,26-23-,34-29+,35-30+/t43-,44-,45+/m0/s1. The first kappa shape index (κ1) is 56.9. The van der Waals surface area contributed by atoms with Crippen molar-refractivity contribution in [2.75, 3.05) is 26.4 Å². The van der Waals surface area contributed by atoms with Gasteiger partial charge in [-0.05, 0) is 32.1 Å². The lowest BCUT2D eigenvalue weighted by atomic mass is 10.0. The van der Waals surface area contributed by atoms with Crippen molar-refractivity contribution in [2.45, 2.75) is 212 Å². The maximum Gasteiger partial charge on any atom is 0.472 e. The average molecular weight is 856 g/mol. The summed E-state index contributed by atoms with van der Waals surface area (Å²) in [6, 6.07) is 0. The van der Waals surface area contributed by atoms with E-state index in [0.29, 0.717) is 25.7 Å². The molecule has 0 aliphatic heterocycles. The summed E-state index contributed by atoms with van der Waals surface area (Å²) >= 11 is 0. The Hall–Kier alpha value is -2.11. The fourth-order valence-electron chi connectivity index (χ4n) is 6.38. The molecular formula is C47H86NO10P. The summed E-state index contributed by atoms with van der Waals surface area (Å²) in [4.78, 5) is 35.0. The number of allylic oxidation sites excluding steroid dienone is 6. The number of phosphoric acid groups is 1.